The van der Waals surface area contributed by atoms with Gasteiger partial charge in [-0.15, -0.1) is 29.1 Å². The number of hydrogen-bond donors (Lipinski definition) is 1. The van der Waals surface area contributed by atoms with Gasteiger partial charge >= 0.3 is 0 Å². The number of pyridine rings is 1. The maximum Gasteiger partial charge on any atom is 0.162 e. The van der Waals surface area contributed by atoms with E-state index in [0.29, 0.717) is 0 Å². The van der Waals surface area contributed by atoms with Gasteiger partial charge in [-0.3, -0.25) is 9.78 Å². The van der Waals surface area contributed by atoms with Crippen molar-refractivity contribution >= 4 is 24.6 Å². The zero-order valence-corrected chi connectivity index (χ0v) is 31.1. The summed E-state index contributed by atoms with van der Waals surface area (Å²) in [5.41, 5.74) is 4.64. The van der Waals surface area contributed by atoms with Gasteiger partial charge in [-0.1, -0.05) is 109 Å². The first-order chi connectivity index (χ1) is 19.9. The van der Waals surface area contributed by atoms with Crippen LogP contribution < -0.4 is 0 Å². The first-order valence-corrected chi connectivity index (χ1v) is 18.8. The van der Waals surface area contributed by atoms with Crippen molar-refractivity contribution in [3.05, 3.63) is 77.2 Å². The molecule has 2 aromatic carbocycles. The minimum absolute atomic E-state index is 0. The number of aryl methyl sites for hydroxylation is 1. The van der Waals surface area contributed by atoms with E-state index in [4.69, 9.17) is 2.74 Å². The van der Waals surface area contributed by atoms with E-state index in [9.17, 15) is 9.90 Å². The minimum atomic E-state index is -2.07. The van der Waals surface area contributed by atoms with Crippen molar-refractivity contribution in [3.63, 3.8) is 0 Å². The van der Waals surface area contributed by atoms with Crippen LogP contribution >= 0.6 is 0 Å². The van der Waals surface area contributed by atoms with Crippen LogP contribution in [0.25, 0.3) is 22.0 Å². The molecular formula is C37H54IrNO2Si-. The van der Waals surface area contributed by atoms with Crippen molar-refractivity contribution in [2.75, 3.05) is 0 Å². The third-order valence-corrected chi connectivity index (χ3v) is 8.57. The fourth-order valence-electron chi connectivity index (χ4n) is 4.98. The molecule has 1 radical (unpaired) electrons. The standard InChI is InChI=1S/C24H30NSi.C13H24O2.Ir/c1-17-15-25-23(14-20(17)16-26(5,6)7)19-12-18-10-8-9-11-21(18)22(13-19)24(2,3)4;1-5-10(6-2)12(14)9-13(15)11(7-3)8-4;/h8-11,13-15H,16H2,1-7H3;9-11,14H,5-8H2,1-4H3;/q-1;;/b;12-9-;/i16D2;;. The van der Waals surface area contributed by atoms with Crippen LogP contribution in [-0.2, 0) is 36.3 Å². The predicted octanol–water partition coefficient (Wildman–Crippen LogP) is 10.6. The van der Waals surface area contributed by atoms with E-state index in [1.807, 2.05) is 52.9 Å². The van der Waals surface area contributed by atoms with E-state index < -0.39 is 14.1 Å². The summed E-state index contributed by atoms with van der Waals surface area (Å²) in [4.78, 5) is 16.4. The summed E-state index contributed by atoms with van der Waals surface area (Å²) in [5, 5.41) is 12.0. The number of benzene rings is 2. The topological polar surface area (TPSA) is 50.2 Å². The molecule has 1 heterocycles. The predicted molar refractivity (Wildman–Crippen MR) is 180 cm³/mol. The van der Waals surface area contributed by atoms with E-state index in [2.05, 4.69) is 75.7 Å². The quantitative estimate of drug-likeness (QED) is 0.0968. The zero-order valence-electron chi connectivity index (χ0n) is 29.7. The molecule has 3 nitrogen and oxygen atoms in total. The molecule has 0 bridgehead atoms. The summed E-state index contributed by atoms with van der Waals surface area (Å²) >= 11 is 0. The number of allylic oxidation sites excluding steroid dienone is 2. The summed E-state index contributed by atoms with van der Waals surface area (Å²) < 4.78 is 17.6. The normalized spacial score (nSPS) is 13.3. The maximum atomic E-state index is 11.7. The molecule has 0 fully saturated rings. The monoisotopic (exact) mass is 767 g/mol. The van der Waals surface area contributed by atoms with Crippen LogP contribution in [0.4, 0.5) is 0 Å². The van der Waals surface area contributed by atoms with Crippen molar-refractivity contribution in [2.45, 2.75) is 112 Å². The van der Waals surface area contributed by atoms with Gasteiger partial charge in [0.15, 0.2) is 5.78 Å². The van der Waals surface area contributed by atoms with Gasteiger partial charge in [0.2, 0.25) is 0 Å². The van der Waals surface area contributed by atoms with Gasteiger partial charge in [0.1, 0.15) is 0 Å². The number of carbonyl (C=O) groups excluding carboxylic acids is 1. The number of fused-ring (bicyclic) bond motifs is 1. The summed E-state index contributed by atoms with van der Waals surface area (Å²) in [5.74, 6) is -0.774. The Labute approximate surface area is 273 Å². The Balaban J connectivity index is 0.000000519. The van der Waals surface area contributed by atoms with Crippen LogP contribution in [0.1, 0.15) is 93.6 Å². The molecule has 3 rings (SSSR count). The van der Waals surface area contributed by atoms with E-state index in [1.54, 1.807) is 0 Å². The fraction of sp³-hybridized carbons (Fsp3) is 0.514. The average molecular weight is 767 g/mol. The Hall–Kier alpha value is -2.07. The summed E-state index contributed by atoms with van der Waals surface area (Å²) in [7, 11) is -2.07. The van der Waals surface area contributed by atoms with Crippen molar-refractivity contribution in [2.24, 2.45) is 11.8 Å². The molecule has 0 unspecified atom stereocenters. The Bertz CT molecular complexity index is 1420. The van der Waals surface area contributed by atoms with Crippen LogP contribution in [0.2, 0.25) is 19.6 Å². The Morgan fingerprint density at radius 3 is 2.12 bits per heavy atom. The second-order valence-electron chi connectivity index (χ2n) is 13.2. The second-order valence-corrected chi connectivity index (χ2v) is 17.9. The molecule has 233 valence electrons. The van der Waals surface area contributed by atoms with Gasteiger partial charge in [0, 0.05) is 60.7 Å². The third-order valence-electron chi connectivity index (χ3n) is 7.55. The molecule has 1 aromatic heterocycles. The number of ketones is 1. The molecule has 42 heavy (non-hydrogen) atoms. The molecule has 0 amide bonds. The molecule has 1 N–H and O–H groups in total. The molecule has 3 aromatic rings. The average Bonchev–Trinajstić information content (AvgIpc) is 2.93. The Morgan fingerprint density at radius 2 is 1.60 bits per heavy atom. The second kappa shape index (κ2) is 16.7. The molecular weight excluding hydrogens is 711 g/mol. The van der Waals surface area contributed by atoms with Gasteiger partial charge in [-0.05, 0) is 49.6 Å². The van der Waals surface area contributed by atoms with Crippen LogP contribution in [0, 0.1) is 24.8 Å². The molecule has 0 saturated carbocycles. The van der Waals surface area contributed by atoms with E-state index in [-0.39, 0.29) is 48.9 Å². The van der Waals surface area contributed by atoms with Gasteiger partial charge in [-0.2, -0.15) is 0 Å². The molecule has 0 aliphatic carbocycles. The number of hydrogen-bond acceptors (Lipinski definition) is 3. The van der Waals surface area contributed by atoms with Crippen LogP contribution in [0.3, 0.4) is 0 Å². The largest absolute Gasteiger partial charge is 0.512 e. The van der Waals surface area contributed by atoms with Crippen LogP contribution in [0.15, 0.2) is 54.4 Å². The molecule has 0 aliphatic heterocycles. The molecule has 5 heteroatoms. The minimum Gasteiger partial charge on any atom is -0.512 e. The summed E-state index contributed by atoms with van der Waals surface area (Å²) in [6, 6.07) is 16.0. The van der Waals surface area contributed by atoms with Crippen LogP contribution in [-0.4, -0.2) is 23.9 Å². The van der Waals surface area contributed by atoms with Gasteiger partial charge in [-0.25, -0.2) is 0 Å². The van der Waals surface area contributed by atoms with Crippen molar-refractivity contribution in [3.8, 4) is 11.3 Å². The van der Waals surface area contributed by atoms with Crippen molar-refractivity contribution in [1.82, 2.24) is 4.98 Å². The number of aliphatic hydroxyl groups excluding tert-OH is 1. The summed E-state index contributed by atoms with van der Waals surface area (Å²) in [6.45, 7) is 22.9. The van der Waals surface area contributed by atoms with E-state index in [0.717, 1.165) is 53.5 Å². The zero-order chi connectivity index (χ0) is 32.8. The van der Waals surface area contributed by atoms with Crippen molar-refractivity contribution in [1.29, 1.82) is 0 Å². The first-order valence-electron chi connectivity index (χ1n) is 16.3. The molecule has 0 saturated heterocycles. The number of aromatic nitrogens is 1. The van der Waals surface area contributed by atoms with Gasteiger partial charge in [0.25, 0.3) is 0 Å². The Morgan fingerprint density at radius 1 is 1.02 bits per heavy atom. The molecule has 0 spiro atoms. The third kappa shape index (κ3) is 10.9. The molecule has 0 aliphatic rings. The SMILES string of the molecule is CCC(CC)C(=O)/C=C(\O)C(CC)CC.[2H]C([2H])(c1cc(-c2[c-]c3ccccc3c(C(C)(C)C)c2)ncc1C)[Si](C)(C)C.[Ir]. The number of carbonyl (C=O) groups is 1. The van der Waals surface area contributed by atoms with Gasteiger partial charge < -0.3 is 5.11 Å². The Kier molecular flexibility index (Phi) is 13.7. The number of nitrogens with zero attached hydrogens (tertiary/aromatic N) is 1. The van der Waals surface area contributed by atoms with E-state index >= 15 is 0 Å². The van der Waals surface area contributed by atoms with Crippen LogP contribution in [0.5, 0.6) is 0 Å². The number of aliphatic hydroxyl groups is 1. The van der Waals surface area contributed by atoms with Crippen molar-refractivity contribution < 1.29 is 32.7 Å². The fourth-order valence-corrected chi connectivity index (χ4v) is 6.06. The molecule has 0 atom stereocenters. The van der Waals surface area contributed by atoms with E-state index in [1.165, 1.54) is 17.0 Å². The summed E-state index contributed by atoms with van der Waals surface area (Å²) in [6.07, 6.45) is 6.71. The smallest absolute Gasteiger partial charge is 0.162 e. The van der Waals surface area contributed by atoms with Gasteiger partial charge in [0.05, 0.1) is 5.76 Å². The number of rotatable bonds is 10. The first kappa shape index (κ1) is 34.4. The maximum absolute atomic E-state index is 11.7.